The third kappa shape index (κ3) is 2.87. The molecule has 0 unspecified atom stereocenters. The van der Waals surface area contributed by atoms with Crippen molar-refractivity contribution in [3.05, 3.63) is 29.6 Å². The van der Waals surface area contributed by atoms with Gasteiger partial charge in [0.25, 0.3) is 0 Å². The highest BCUT2D eigenvalue weighted by molar-refractivity contribution is 7.89. The van der Waals surface area contributed by atoms with Crippen molar-refractivity contribution in [1.29, 1.82) is 0 Å². The summed E-state index contributed by atoms with van der Waals surface area (Å²) in [6.07, 6.45) is 2.61. The molecule has 1 aromatic rings. The number of fused-ring (bicyclic) bond motifs is 1. The largest absolute Gasteiger partial charge is 0.396 e. The van der Waals surface area contributed by atoms with Crippen LogP contribution in [0.4, 0.5) is 4.39 Å². The summed E-state index contributed by atoms with van der Waals surface area (Å²) in [5.41, 5.74) is 0.211. The lowest BCUT2D eigenvalue weighted by Gasteiger charge is -2.53. The standard InChI is InChI=1S/C17H25FN2O3S/c1-13-10-14(18)4-5-15(13)24(22,23)20-9-7-17(12-21)6-3-8-19(2)16(17)11-20/h4-5,10,16,21H,3,6-9,11-12H2,1-2H3/t16-,17-/m1/s1. The minimum Gasteiger partial charge on any atom is -0.396 e. The average molecular weight is 356 g/mol. The van der Waals surface area contributed by atoms with E-state index in [2.05, 4.69) is 4.90 Å². The fourth-order valence-electron chi connectivity index (χ4n) is 4.25. The number of hydrogen-bond donors (Lipinski definition) is 1. The quantitative estimate of drug-likeness (QED) is 0.894. The van der Waals surface area contributed by atoms with Gasteiger partial charge in [0.05, 0.1) is 11.5 Å². The molecule has 5 nitrogen and oxygen atoms in total. The number of likely N-dealkylation sites (tertiary alicyclic amines) is 1. The Morgan fingerprint density at radius 3 is 2.75 bits per heavy atom. The Labute approximate surface area is 143 Å². The molecule has 2 aliphatic rings. The number of nitrogens with zero attached hydrogens (tertiary/aromatic N) is 2. The van der Waals surface area contributed by atoms with Crippen molar-refractivity contribution in [3.8, 4) is 0 Å². The molecule has 0 aliphatic carbocycles. The molecule has 7 heteroatoms. The van der Waals surface area contributed by atoms with Gasteiger partial charge >= 0.3 is 0 Å². The van der Waals surface area contributed by atoms with E-state index < -0.39 is 15.8 Å². The highest BCUT2D eigenvalue weighted by Gasteiger charge is 2.48. The van der Waals surface area contributed by atoms with Crippen molar-refractivity contribution < 1.29 is 17.9 Å². The Morgan fingerprint density at radius 1 is 1.33 bits per heavy atom. The van der Waals surface area contributed by atoms with Crippen LogP contribution in [0.15, 0.2) is 23.1 Å². The molecule has 1 aromatic carbocycles. The molecular formula is C17H25FN2O3S. The second-order valence-electron chi connectivity index (χ2n) is 7.14. The van der Waals surface area contributed by atoms with Gasteiger partial charge in [-0.3, -0.25) is 0 Å². The molecule has 2 fully saturated rings. The van der Waals surface area contributed by atoms with Crippen LogP contribution in [0.5, 0.6) is 0 Å². The molecule has 0 aromatic heterocycles. The fourth-order valence-corrected chi connectivity index (χ4v) is 5.90. The van der Waals surface area contributed by atoms with Crippen LogP contribution in [0.3, 0.4) is 0 Å². The van der Waals surface area contributed by atoms with Crippen LogP contribution in [-0.2, 0) is 10.0 Å². The zero-order valence-corrected chi connectivity index (χ0v) is 15.0. The maximum atomic E-state index is 13.3. The molecule has 1 N–H and O–H groups in total. The second kappa shape index (κ2) is 6.37. The van der Waals surface area contributed by atoms with Gasteiger partial charge in [-0.1, -0.05) is 0 Å². The van der Waals surface area contributed by atoms with Gasteiger partial charge in [0, 0.05) is 24.5 Å². The third-order valence-corrected chi connectivity index (χ3v) is 7.76. The van der Waals surface area contributed by atoms with Crippen molar-refractivity contribution in [2.45, 2.75) is 37.1 Å². The fraction of sp³-hybridized carbons (Fsp3) is 0.647. The normalized spacial score (nSPS) is 29.4. The van der Waals surface area contributed by atoms with Gasteiger partial charge in [0.15, 0.2) is 0 Å². The van der Waals surface area contributed by atoms with E-state index in [0.717, 1.165) is 19.4 Å². The van der Waals surface area contributed by atoms with Crippen LogP contribution in [0.1, 0.15) is 24.8 Å². The summed E-state index contributed by atoms with van der Waals surface area (Å²) in [5.74, 6) is -0.434. The molecule has 2 atom stereocenters. The highest BCUT2D eigenvalue weighted by Crippen LogP contribution is 2.42. The molecule has 0 radical (unpaired) electrons. The Bertz CT molecular complexity index is 725. The summed E-state index contributed by atoms with van der Waals surface area (Å²) in [6.45, 7) is 3.38. The lowest BCUT2D eigenvalue weighted by Crippen LogP contribution is -2.62. The smallest absolute Gasteiger partial charge is 0.243 e. The number of piperidine rings is 2. The Morgan fingerprint density at radius 2 is 2.08 bits per heavy atom. The van der Waals surface area contributed by atoms with Crippen LogP contribution >= 0.6 is 0 Å². The molecule has 0 bridgehead atoms. The van der Waals surface area contributed by atoms with Crippen molar-refractivity contribution in [2.24, 2.45) is 5.41 Å². The molecule has 0 saturated carbocycles. The monoisotopic (exact) mass is 356 g/mol. The van der Waals surface area contributed by atoms with Crippen molar-refractivity contribution in [1.82, 2.24) is 9.21 Å². The minimum atomic E-state index is -3.66. The first-order chi connectivity index (χ1) is 11.3. The van der Waals surface area contributed by atoms with Crippen LogP contribution < -0.4 is 0 Å². The Balaban J connectivity index is 1.91. The van der Waals surface area contributed by atoms with E-state index in [-0.39, 0.29) is 23.0 Å². The van der Waals surface area contributed by atoms with Gasteiger partial charge in [-0.15, -0.1) is 0 Å². The summed E-state index contributed by atoms with van der Waals surface area (Å²) >= 11 is 0. The first-order valence-corrected chi connectivity index (χ1v) is 9.82. The maximum absolute atomic E-state index is 13.3. The van der Waals surface area contributed by atoms with Crippen LogP contribution in [-0.4, -0.2) is 62.1 Å². The minimum absolute atomic E-state index is 0.0144. The number of benzene rings is 1. The summed E-state index contributed by atoms with van der Waals surface area (Å²) in [6, 6.07) is 3.80. The van der Waals surface area contributed by atoms with Gasteiger partial charge < -0.3 is 10.0 Å². The molecule has 3 rings (SSSR count). The van der Waals surface area contributed by atoms with E-state index in [9.17, 15) is 17.9 Å². The summed E-state index contributed by atoms with van der Waals surface area (Å²) < 4.78 is 40.8. The second-order valence-corrected chi connectivity index (χ2v) is 9.05. The van der Waals surface area contributed by atoms with Gasteiger partial charge in [-0.2, -0.15) is 4.31 Å². The maximum Gasteiger partial charge on any atom is 0.243 e. The third-order valence-electron chi connectivity index (χ3n) is 5.73. The lowest BCUT2D eigenvalue weighted by molar-refractivity contribution is -0.0508. The summed E-state index contributed by atoms with van der Waals surface area (Å²) in [5, 5.41) is 9.94. The molecule has 2 aliphatic heterocycles. The van der Waals surface area contributed by atoms with E-state index in [1.807, 2.05) is 7.05 Å². The topological polar surface area (TPSA) is 60.9 Å². The Kier molecular flexibility index (Phi) is 4.72. The number of likely N-dealkylation sites (N-methyl/N-ethyl adjacent to an activating group) is 1. The first-order valence-electron chi connectivity index (χ1n) is 8.37. The van der Waals surface area contributed by atoms with Gasteiger partial charge in [0.2, 0.25) is 10.0 Å². The molecule has 0 spiro atoms. The van der Waals surface area contributed by atoms with Crippen LogP contribution in [0, 0.1) is 18.2 Å². The zero-order chi connectivity index (χ0) is 17.5. The lowest BCUT2D eigenvalue weighted by atomic mass is 9.69. The molecule has 0 amide bonds. The summed E-state index contributed by atoms with van der Waals surface area (Å²) in [7, 11) is -1.67. The number of aryl methyl sites for hydroxylation is 1. The molecule has 2 heterocycles. The van der Waals surface area contributed by atoms with Crippen molar-refractivity contribution >= 4 is 10.0 Å². The molecular weight excluding hydrogens is 331 g/mol. The van der Waals surface area contributed by atoms with E-state index in [4.69, 9.17) is 0 Å². The van der Waals surface area contributed by atoms with E-state index in [1.165, 1.54) is 22.5 Å². The van der Waals surface area contributed by atoms with Gasteiger partial charge in [-0.25, -0.2) is 12.8 Å². The molecule has 134 valence electrons. The Hall–Kier alpha value is -1.02. The SMILES string of the molecule is Cc1cc(F)ccc1S(=O)(=O)N1CC[C@@]2(CO)CCCN(C)[C@@H]2C1. The number of aliphatic hydroxyl groups is 1. The average Bonchev–Trinajstić information content (AvgIpc) is 2.54. The number of rotatable bonds is 3. The predicted octanol–water partition coefficient (Wildman–Crippen LogP) is 1.60. The van der Waals surface area contributed by atoms with Crippen LogP contribution in [0.25, 0.3) is 0 Å². The number of hydrogen-bond acceptors (Lipinski definition) is 4. The number of sulfonamides is 1. The number of aliphatic hydroxyl groups excluding tert-OH is 1. The predicted molar refractivity (Wildman–Crippen MR) is 89.7 cm³/mol. The van der Waals surface area contributed by atoms with Gasteiger partial charge in [-0.05, 0) is 63.5 Å². The zero-order valence-electron chi connectivity index (χ0n) is 14.2. The summed E-state index contributed by atoms with van der Waals surface area (Å²) in [4.78, 5) is 2.33. The van der Waals surface area contributed by atoms with E-state index in [0.29, 0.717) is 25.1 Å². The van der Waals surface area contributed by atoms with E-state index in [1.54, 1.807) is 6.92 Å². The highest BCUT2D eigenvalue weighted by atomic mass is 32.2. The molecule has 2 saturated heterocycles. The first kappa shape index (κ1) is 17.8. The number of halogens is 1. The van der Waals surface area contributed by atoms with Crippen LogP contribution in [0.2, 0.25) is 0 Å². The van der Waals surface area contributed by atoms with Crippen molar-refractivity contribution in [3.63, 3.8) is 0 Å². The van der Waals surface area contributed by atoms with Gasteiger partial charge in [0.1, 0.15) is 5.82 Å². The van der Waals surface area contributed by atoms with E-state index >= 15 is 0 Å². The molecule has 24 heavy (non-hydrogen) atoms. The van der Waals surface area contributed by atoms with Crippen molar-refractivity contribution in [2.75, 3.05) is 33.3 Å².